The lowest BCUT2D eigenvalue weighted by Crippen LogP contribution is -2.48. The van der Waals surface area contributed by atoms with Crippen LogP contribution >= 0.6 is 37.2 Å². The molecule has 0 atom stereocenters. The molecule has 2 heterocycles. The number of carbonyl (C=O) groups is 8. The van der Waals surface area contributed by atoms with Crippen LogP contribution in [-0.2, 0) is 98.3 Å². The van der Waals surface area contributed by atoms with E-state index in [1.165, 1.54) is 13.8 Å². The molecule has 29 heteroatoms. The van der Waals surface area contributed by atoms with Crippen molar-refractivity contribution in [2.75, 3.05) is 52.9 Å². The Morgan fingerprint density at radius 3 is 0.852 bits per heavy atom. The number of hydrogen-bond donors (Lipinski definition) is 12. The lowest BCUT2D eigenvalue weighted by molar-refractivity contribution is -0.281. The van der Waals surface area contributed by atoms with Crippen LogP contribution < -0.4 is 22.5 Å². The van der Waals surface area contributed by atoms with Gasteiger partial charge >= 0.3 is 41.8 Å². The van der Waals surface area contributed by atoms with E-state index < -0.39 is 95.4 Å². The number of aromatic carboxylic acids is 1. The number of benzene rings is 7. The zero-order valence-electron chi connectivity index (χ0n) is 61.7. The van der Waals surface area contributed by atoms with Crippen LogP contribution in [0.2, 0.25) is 0 Å². The van der Waals surface area contributed by atoms with E-state index >= 15 is 0 Å². The standard InChI is InChI=1S/C20H23NO5.2C15H15NO2.C8H9NO2.2C8H14O4.C5H10O4.I2/c1-20(13-22,14-23)19(25)21-11-15-7-9-17(10-8-15)18(24)26-12-16-5-3-2-4-6-16;2*16-10-12-6-8-14(9-7-12)15(17)18-11-13-4-2-1-3-5-13;9-5-6-1-3-7(4-2-6)8(10)11;2*1-7(2)11-4-8(3,5-12-7)6(9)10;1-5(2-6,3-7)4(8)9;1-2/h2-10,22-23H,11-14H2,1H3,(H,21,25);2*1-9H,10-11,16H2;1-4H,5,9H2,(H,10,11);2*4-5H2,1-3H3,(H,9,10);6-7H,2-3H2,1H3,(H,8,9);. The highest BCUT2D eigenvalue weighted by Crippen LogP contribution is 2.31. The number of nitrogens with one attached hydrogen (secondary N) is 1. The molecule has 15 N–H and O–H groups in total. The molecule has 0 saturated carbocycles. The Kier molecular flexibility index (Phi) is 43.0. The molecule has 0 radical (unpaired) electrons. The van der Waals surface area contributed by atoms with E-state index in [0.29, 0.717) is 41.9 Å². The van der Waals surface area contributed by atoms with Gasteiger partial charge < -0.3 is 96.5 Å². The number of amides is 1. The number of carboxylic acid groups (broad SMARTS) is 4. The molecule has 0 aromatic heterocycles. The first-order valence-electron chi connectivity index (χ1n) is 33.5. The highest BCUT2D eigenvalue weighted by Gasteiger charge is 2.43. The van der Waals surface area contributed by atoms with Crippen molar-refractivity contribution < 1.29 is 112 Å². The van der Waals surface area contributed by atoms with Crippen LogP contribution in [0.4, 0.5) is 0 Å². The van der Waals surface area contributed by atoms with Gasteiger partial charge in [-0.3, -0.25) is 19.2 Å². The molecule has 2 aliphatic rings. The van der Waals surface area contributed by atoms with Gasteiger partial charge in [-0.25, -0.2) is 19.2 Å². The number of carbonyl (C=O) groups excluding carboxylic acids is 4. The number of aliphatic hydroxyl groups is 4. The monoisotopic (exact) mass is 1730 g/mol. The second kappa shape index (κ2) is 48.7. The molecule has 0 aliphatic carbocycles. The van der Waals surface area contributed by atoms with Crippen molar-refractivity contribution in [3.8, 4) is 0 Å². The zero-order valence-corrected chi connectivity index (χ0v) is 66.0. The topological polar surface area (TPSA) is 453 Å². The van der Waals surface area contributed by atoms with Crippen LogP contribution in [0.3, 0.4) is 0 Å². The summed E-state index contributed by atoms with van der Waals surface area (Å²) < 4.78 is 36.7. The number of rotatable bonds is 23. The number of halogens is 2. The molecule has 588 valence electrons. The predicted octanol–water partition coefficient (Wildman–Crippen LogP) is 10.1. The zero-order chi connectivity index (χ0) is 81.2. The number of aliphatic carboxylic acids is 3. The lowest BCUT2D eigenvalue weighted by Gasteiger charge is -2.38. The Hall–Kier alpha value is -8.68. The molecule has 27 nitrogen and oxygen atoms in total. The number of nitrogens with two attached hydrogens (primary N) is 3. The van der Waals surface area contributed by atoms with Crippen LogP contribution in [0.5, 0.6) is 0 Å². The molecule has 2 aliphatic heterocycles. The van der Waals surface area contributed by atoms with Gasteiger partial charge in [-0.1, -0.05) is 140 Å². The smallest absolute Gasteiger partial charge is 0.338 e. The summed E-state index contributed by atoms with van der Waals surface area (Å²) in [5, 5.41) is 72.4. The first kappa shape index (κ1) is 95.4. The molecule has 1 amide bonds. The predicted molar refractivity (Wildman–Crippen MR) is 419 cm³/mol. The first-order chi connectivity index (χ1) is 51.1. The fourth-order valence-corrected chi connectivity index (χ4v) is 8.04. The summed E-state index contributed by atoms with van der Waals surface area (Å²) in [5.74, 6) is -6.63. The minimum absolute atomic E-state index is 0.204. The Bertz CT molecular complexity index is 3670. The molecule has 108 heavy (non-hydrogen) atoms. The highest BCUT2D eigenvalue weighted by molar-refractivity contribution is 15.0. The molecule has 0 spiro atoms. The Morgan fingerprint density at radius 1 is 0.389 bits per heavy atom. The number of esters is 3. The van der Waals surface area contributed by atoms with Gasteiger partial charge in [0.2, 0.25) is 5.91 Å². The second-order valence-electron chi connectivity index (χ2n) is 26.3. The van der Waals surface area contributed by atoms with E-state index in [-0.39, 0.29) is 64.7 Å². The molecule has 2 fully saturated rings. The van der Waals surface area contributed by atoms with Crippen molar-refractivity contribution in [2.24, 2.45) is 38.9 Å². The first-order valence-corrected chi connectivity index (χ1v) is 39.8. The Balaban J connectivity index is 0.000000438. The van der Waals surface area contributed by atoms with E-state index in [1.54, 1.807) is 114 Å². The fourth-order valence-electron chi connectivity index (χ4n) is 8.04. The Morgan fingerprint density at radius 2 is 0.639 bits per heavy atom. The summed E-state index contributed by atoms with van der Waals surface area (Å²) in [6, 6.07) is 56.1. The third-order valence-corrected chi connectivity index (χ3v) is 16.0. The minimum Gasteiger partial charge on any atom is -0.481 e. The van der Waals surface area contributed by atoms with Crippen LogP contribution in [-0.4, -0.2) is 153 Å². The van der Waals surface area contributed by atoms with E-state index in [2.05, 4.69) is 42.5 Å². The maximum absolute atomic E-state index is 12.1. The molecule has 7 aromatic carbocycles. The average molecular weight is 1730 g/mol. The van der Waals surface area contributed by atoms with Gasteiger partial charge in [0.15, 0.2) is 11.6 Å². The summed E-state index contributed by atoms with van der Waals surface area (Å²) in [5.41, 5.74) is 20.3. The Labute approximate surface area is 652 Å². The van der Waals surface area contributed by atoms with Crippen molar-refractivity contribution in [1.29, 1.82) is 0 Å². The van der Waals surface area contributed by atoms with Gasteiger partial charge in [-0.15, -0.1) is 0 Å². The summed E-state index contributed by atoms with van der Waals surface area (Å²) in [4.78, 5) is 89.6. The largest absolute Gasteiger partial charge is 0.481 e. The summed E-state index contributed by atoms with van der Waals surface area (Å²) in [6.45, 7) is 14.3. The van der Waals surface area contributed by atoms with Gasteiger partial charge in [0, 0.05) is 63.4 Å². The van der Waals surface area contributed by atoms with Gasteiger partial charge in [-0.2, -0.15) is 0 Å². The number of aliphatic hydroxyl groups excluding tert-OH is 4. The second-order valence-corrected chi connectivity index (χ2v) is 26.3. The maximum atomic E-state index is 12.1. The summed E-state index contributed by atoms with van der Waals surface area (Å²) in [7, 11) is 0. The summed E-state index contributed by atoms with van der Waals surface area (Å²) in [6.07, 6.45) is 0. The van der Waals surface area contributed by atoms with Crippen molar-refractivity contribution in [3.05, 3.63) is 249 Å². The normalized spacial score (nSPS) is 13.9. The van der Waals surface area contributed by atoms with Gasteiger partial charge in [0.25, 0.3) is 0 Å². The minimum atomic E-state index is -1.39. The molecule has 0 unspecified atom stereocenters. The van der Waals surface area contributed by atoms with Crippen molar-refractivity contribution >= 4 is 84.9 Å². The summed E-state index contributed by atoms with van der Waals surface area (Å²) >= 11 is 4.24. The number of hydrogen-bond acceptors (Lipinski definition) is 22. The highest BCUT2D eigenvalue weighted by atomic mass is 128. The molecule has 7 aromatic rings. The van der Waals surface area contributed by atoms with Crippen LogP contribution in [0.15, 0.2) is 188 Å². The quantitative estimate of drug-likeness (QED) is 0.0161. The molecule has 2 saturated heterocycles. The van der Waals surface area contributed by atoms with E-state index in [4.69, 9.17) is 81.0 Å². The fraction of sp³-hybridized carbons (Fsp3) is 0.367. The molecule has 0 bridgehead atoms. The van der Waals surface area contributed by atoms with Gasteiger partial charge in [-0.05, 0) is 143 Å². The third kappa shape index (κ3) is 34.7. The van der Waals surface area contributed by atoms with Crippen molar-refractivity contribution in [3.63, 3.8) is 0 Å². The SMILES string of the molecule is CC(CO)(CO)C(=O)NCc1ccc(C(=O)OCc2ccccc2)cc1.CC(CO)(CO)C(=O)O.CC1(C)OCC(C)(C(=O)O)CO1.CC1(C)OCC(C)(C(=O)O)CO1.II.NCc1ccc(C(=O)O)cc1.NCc1ccc(C(=O)OCc2ccccc2)cc1.NCc1ccc(C(=O)OCc2ccccc2)cc1. The van der Waals surface area contributed by atoms with Crippen molar-refractivity contribution in [2.45, 2.75) is 113 Å². The average Bonchev–Trinajstić information content (AvgIpc) is 0.823. The number of ether oxygens (including phenoxy) is 7. The lowest BCUT2D eigenvalue weighted by atomic mass is 9.92. The molecular weight excluding hydrogens is 1630 g/mol. The van der Waals surface area contributed by atoms with Gasteiger partial charge in [0.1, 0.15) is 36.1 Å². The van der Waals surface area contributed by atoms with Crippen molar-refractivity contribution in [1.82, 2.24) is 5.32 Å². The maximum Gasteiger partial charge on any atom is 0.338 e. The van der Waals surface area contributed by atoms with E-state index in [0.717, 1.165) is 38.9 Å². The van der Waals surface area contributed by atoms with Gasteiger partial charge in [0.05, 0.1) is 80.5 Å². The van der Waals surface area contributed by atoms with Crippen LogP contribution in [0.1, 0.15) is 136 Å². The molecular formula is C79H100I2N4O23. The van der Waals surface area contributed by atoms with Crippen LogP contribution in [0.25, 0.3) is 0 Å². The van der Waals surface area contributed by atoms with E-state index in [9.17, 15) is 48.6 Å². The van der Waals surface area contributed by atoms with E-state index in [1.807, 2.05) is 115 Å². The number of carboxylic acids is 4. The molecule has 9 rings (SSSR count). The van der Waals surface area contributed by atoms with Crippen LogP contribution in [0, 0.1) is 21.7 Å². The third-order valence-electron chi connectivity index (χ3n) is 16.0.